The normalized spacial score (nSPS) is 18.8. The fourth-order valence-electron chi connectivity index (χ4n) is 4.02. The Labute approximate surface area is 185 Å². The minimum Gasteiger partial charge on any atom is -0.456 e. The number of thioether (sulfide) groups is 1. The predicted octanol–water partition coefficient (Wildman–Crippen LogP) is 5.65. The van der Waals surface area contributed by atoms with Gasteiger partial charge >= 0.3 is 0 Å². The van der Waals surface area contributed by atoms with Gasteiger partial charge in [0.2, 0.25) is 0 Å². The second-order valence-corrected chi connectivity index (χ2v) is 9.32. The maximum atomic E-state index is 6.29. The quantitative estimate of drug-likeness (QED) is 0.498. The van der Waals surface area contributed by atoms with E-state index in [0.717, 1.165) is 22.6 Å². The molecule has 3 aromatic rings. The molecule has 0 spiro atoms. The van der Waals surface area contributed by atoms with Crippen molar-refractivity contribution in [2.75, 3.05) is 5.32 Å². The Morgan fingerprint density at radius 3 is 2.83 bits per heavy atom. The lowest BCUT2D eigenvalue weighted by Crippen LogP contribution is -2.40. The molecular weight excluding hydrogens is 418 g/mol. The smallest absolute Gasteiger partial charge is 0.146 e. The fourth-order valence-corrected chi connectivity index (χ4v) is 5.37. The van der Waals surface area contributed by atoms with Crippen LogP contribution in [0.2, 0.25) is 5.15 Å². The Hall–Kier alpha value is -2.22. The van der Waals surface area contributed by atoms with E-state index in [4.69, 9.17) is 16.3 Å². The second kappa shape index (κ2) is 8.49. The van der Waals surface area contributed by atoms with Crippen molar-refractivity contribution in [2.24, 2.45) is 7.05 Å². The fraction of sp³-hybridized carbons (Fsp3) is 0.364. The van der Waals surface area contributed by atoms with Crippen LogP contribution in [0.4, 0.5) is 5.69 Å². The maximum absolute atomic E-state index is 6.29. The van der Waals surface area contributed by atoms with Gasteiger partial charge in [-0.2, -0.15) is 5.10 Å². The van der Waals surface area contributed by atoms with Crippen molar-refractivity contribution < 1.29 is 4.74 Å². The first-order valence-electron chi connectivity index (χ1n) is 10.3. The first-order chi connectivity index (χ1) is 14.6. The molecule has 2 N–H and O–H groups in total. The number of benzene rings is 1. The summed E-state index contributed by atoms with van der Waals surface area (Å²) >= 11 is 8.10. The van der Waals surface area contributed by atoms with Gasteiger partial charge in [0.15, 0.2) is 0 Å². The summed E-state index contributed by atoms with van der Waals surface area (Å²) in [6, 6.07) is 8.64. The van der Waals surface area contributed by atoms with E-state index in [2.05, 4.69) is 32.8 Å². The molecule has 2 aliphatic rings. The number of halogens is 1. The molecular formula is C22H24ClN5OS. The SMILES string of the molecule is Cn1cc(-c2cc(Oc3ccc4c(c3)SC(NC3CCCCC3)N4)cnc2Cl)cn1. The Balaban J connectivity index is 1.29. The molecule has 0 saturated heterocycles. The van der Waals surface area contributed by atoms with Crippen molar-refractivity contribution in [3.63, 3.8) is 0 Å². The van der Waals surface area contributed by atoms with Gasteiger partial charge in [0.25, 0.3) is 0 Å². The van der Waals surface area contributed by atoms with E-state index in [1.807, 2.05) is 37.1 Å². The molecule has 6 nitrogen and oxygen atoms in total. The highest BCUT2D eigenvalue weighted by molar-refractivity contribution is 8.00. The van der Waals surface area contributed by atoms with Crippen LogP contribution in [0.15, 0.2) is 47.8 Å². The van der Waals surface area contributed by atoms with Gasteiger partial charge < -0.3 is 10.1 Å². The molecule has 1 aliphatic carbocycles. The molecule has 1 fully saturated rings. The summed E-state index contributed by atoms with van der Waals surface area (Å²) in [6.07, 6.45) is 11.9. The van der Waals surface area contributed by atoms with Gasteiger partial charge in [-0.05, 0) is 37.1 Å². The molecule has 0 bridgehead atoms. The first-order valence-corrected chi connectivity index (χ1v) is 11.6. The number of pyridine rings is 1. The van der Waals surface area contributed by atoms with Crippen LogP contribution in [-0.4, -0.2) is 26.3 Å². The Bertz CT molecular complexity index is 1050. The third-order valence-electron chi connectivity index (χ3n) is 5.54. The molecule has 3 heterocycles. The van der Waals surface area contributed by atoms with Gasteiger partial charge in [-0.1, -0.05) is 42.6 Å². The van der Waals surface area contributed by atoms with Gasteiger partial charge in [-0.3, -0.25) is 10.00 Å². The van der Waals surface area contributed by atoms with Crippen LogP contribution in [0.1, 0.15) is 32.1 Å². The molecule has 5 rings (SSSR count). The van der Waals surface area contributed by atoms with Gasteiger partial charge in [0.1, 0.15) is 22.1 Å². The van der Waals surface area contributed by atoms with E-state index in [1.54, 1.807) is 17.1 Å². The summed E-state index contributed by atoms with van der Waals surface area (Å²) in [6.45, 7) is 0. The van der Waals surface area contributed by atoms with Crippen molar-refractivity contribution >= 4 is 29.1 Å². The molecule has 0 radical (unpaired) electrons. The molecule has 1 atom stereocenters. The van der Waals surface area contributed by atoms with Gasteiger partial charge in [-0.15, -0.1) is 0 Å². The largest absolute Gasteiger partial charge is 0.456 e. The minimum atomic E-state index is 0.215. The van der Waals surface area contributed by atoms with Crippen LogP contribution in [0, 0.1) is 0 Å². The molecule has 1 unspecified atom stereocenters. The van der Waals surface area contributed by atoms with Crippen LogP contribution < -0.4 is 15.4 Å². The van der Waals surface area contributed by atoms with Crippen LogP contribution in [-0.2, 0) is 7.05 Å². The number of ether oxygens (including phenoxy) is 1. The summed E-state index contributed by atoms with van der Waals surface area (Å²) in [5.41, 5.74) is 3.07. The second-order valence-electron chi connectivity index (χ2n) is 7.82. The summed E-state index contributed by atoms with van der Waals surface area (Å²) in [4.78, 5) is 5.48. The van der Waals surface area contributed by atoms with E-state index in [1.165, 1.54) is 37.0 Å². The van der Waals surface area contributed by atoms with E-state index in [9.17, 15) is 0 Å². The summed E-state index contributed by atoms with van der Waals surface area (Å²) in [7, 11) is 1.87. The Morgan fingerprint density at radius 1 is 1.17 bits per heavy atom. The average molecular weight is 442 g/mol. The molecule has 2 aromatic heterocycles. The first kappa shape index (κ1) is 19.7. The molecule has 30 heavy (non-hydrogen) atoms. The van der Waals surface area contributed by atoms with Gasteiger partial charge in [-0.25, -0.2) is 4.98 Å². The Morgan fingerprint density at radius 2 is 2.03 bits per heavy atom. The summed E-state index contributed by atoms with van der Waals surface area (Å²) in [5.74, 6) is 1.42. The number of rotatable bonds is 5. The summed E-state index contributed by atoms with van der Waals surface area (Å²) < 4.78 is 7.84. The lowest BCUT2D eigenvalue weighted by atomic mass is 9.96. The summed E-state index contributed by atoms with van der Waals surface area (Å²) in [5, 5.41) is 12.0. The van der Waals surface area contributed by atoms with E-state index >= 15 is 0 Å². The van der Waals surface area contributed by atoms with Crippen molar-refractivity contribution in [3.8, 4) is 22.6 Å². The molecule has 1 aromatic carbocycles. The zero-order chi connectivity index (χ0) is 20.5. The molecule has 0 amide bonds. The van der Waals surface area contributed by atoms with Gasteiger partial charge in [0, 0.05) is 35.3 Å². The topological polar surface area (TPSA) is 64.0 Å². The number of fused-ring (bicyclic) bond motifs is 1. The van der Waals surface area contributed by atoms with Gasteiger partial charge in [0.05, 0.1) is 18.1 Å². The standard InChI is InChI=1S/C22H24ClN5OS/c1-28-13-14(11-25-28)18-9-17(12-24-21(18)23)29-16-7-8-19-20(10-16)30-22(27-19)26-15-5-3-2-4-6-15/h7-13,15,22,26-27H,2-6H2,1H3. The highest BCUT2D eigenvalue weighted by Crippen LogP contribution is 2.41. The number of nitrogens with zero attached hydrogens (tertiary/aromatic N) is 3. The van der Waals surface area contributed by atoms with Crippen molar-refractivity contribution in [2.45, 2.75) is 48.5 Å². The number of nitrogens with one attached hydrogen (secondary N) is 2. The predicted molar refractivity (Wildman–Crippen MR) is 121 cm³/mol. The van der Waals surface area contributed by atoms with Crippen molar-refractivity contribution in [1.82, 2.24) is 20.1 Å². The number of hydrogen-bond donors (Lipinski definition) is 2. The third-order valence-corrected chi connectivity index (χ3v) is 6.92. The third kappa shape index (κ3) is 4.29. The van der Waals surface area contributed by atoms with Crippen LogP contribution >= 0.6 is 23.4 Å². The van der Waals surface area contributed by atoms with Crippen molar-refractivity contribution in [1.29, 1.82) is 0 Å². The molecule has 8 heteroatoms. The highest BCUT2D eigenvalue weighted by atomic mass is 35.5. The highest BCUT2D eigenvalue weighted by Gasteiger charge is 2.25. The Kier molecular flexibility index (Phi) is 5.58. The minimum absolute atomic E-state index is 0.215. The van der Waals surface area contributed by atoms with Crippen molar-refractivity contribution in [3.05, 3.63) is 48.0 Å². The average Bonchev–Trinajstić information content (AvgIpc) is 3.35. The van der Waals surface area contributed by atoms with E-state index in [-0.39, 0.29) is 5.50 Å². The monoisotopic (exact) mass is 441 g/mol. The zero-order valence-electron chi connectivity index (χ0n) is 16.8. The van der Waals surface area contributed by atoms with Crippen LogP contribution in [0.25, 0.3) is 11.1 Å². The van der Waals surface area contributed by atoms with Crippen LogP contribution in [0.3, 0.4) is 0 Å². The maximum Gasteiger partial charge on any atom is 0.146 e. The number of hydrogen-bond acceptors (Lipinski definition) is 6. The lowest BCUT2D eigenvalue weighted by Gasteiger charge is -2.26. The number of anilines is 1. The number of aryl methyl sites for hydroxylation is 1. The van der Waals surface area contributed by atoms with E-state index in [0.29, 0.717) is 16.9 Å². The molecule has 156 valence electrons. The number of aromatic nitrogens is 3. The zero-order valence-corrected chi connectivity index (χ0v) is 18.3. The molecule has 1 saturated carbocycles. The molecule has 1 aliphatic heterocycles. The van der Waals surface area contributed by atoms with Crippen LogP contribution in [0.5, 0.6) is 11.5 Å². The van der Waals surface area contributed by atoms with E-state index < -0.39 is 0 Å². The lowest BCUT2D eigenvalue weighted by molar-refractivity contribution is 0.375.